The highest BCUT2D eigenvalue weighted by atomic mass is 16.2. The lowest BCUT2D eigenvalue weighted by Gasteiger charge is -2.20. The van der Waals surface area contributed by atoms with E-state index in [0.717, 1.165) is 18.5 Å². The van der Waals surface area contributed by atoms with Crippen molar-refractivity contribution in [3.63, 3.8) is 0 Å². The lowest BCUT2D eigenvalue weighted by Crippen LogP contribution is -2.41. The maximum atomic E-state index is 12.7. The molecule has 3 aromatic rings. The van der Waals surface area contributed by atoms with Gasteiger partial charge in [0.25, 0.3) is 5.91 Å². The van der Waals surface area contributed by atoms with Gasteiger partial charge in [0.2, 0.25) is 0 Å². The summed E-state index contributed by atoms with van der Waals surface area (Å²) < 4.78 is 0. The molecule has 0 aliphatic rings. The van der Waals surface area contributed by atoms with E-state index in [-0.39, 0.29) is 11.4 Å². The van der Waals surface area contributed by atoms with Gasteiger partial charge < -0.3 is 10.6 Å². The van der Waals surface area contributed by atoms with Crippen LogP contribution in [0.25, 0.3) is 11.4 Å². The Morgan fingerprint density at radius 2 is 1.57 bits per heavy atom. The van der Waals surface area contributed by atoms with Gasteiger partial charge in [0.05, 0.1) is 0 Å². The number of benzene rings is 2. The molecule has 0 radical (unpaired) electrons. The van der Waals surface area contributed by atoms with Gasteiger partial charge in [0.15, 0.2) is 5.82 Å². The zero-order valence-electron chi connectivity index (χ0n) is 16.6. The molecular weight excluding hydrogens is 348 g/mol. The van der Waals surface area contributed by atoms with E-state index < -0.39 is 0 Å². The van der Waals surface area contributed by atoms with Crippen LogP contribution in [-0.4, -0.2) is 28.0 Å². The van der Waals surface area contributed by atoms with E-state index in [1.807, 2.05) is 69.3 Å². The van der Waals surface area contributed by atoms with Gasteiger partial charge in [-0.25, -0.2) is 9.97 Å². The molecule has 28 heavy (non-hydrogen) atoms. The molecule has 5 nitrogen and oxygen atoms in total. The standard InChI is InChI=1S/C23H26N4O/c1-23(2,3)27-22(28)19-16-20(24-15-14-17-10-6-4-7-11-17)26-21(25-19)18-12-8-5-9-13-18/h4-13,16H,14-15H2,1-3H3,(H,27,28)(H,24,25,26). The average Bonchev–Trinajstić information content (AvgIpc) is 2.68. The summed E-state index contributed by atoms with van der Waals surface area (Å²) in [5, 5.41) is 6.30. The first kappa shape index (κ1) is 19.5. The second-order valence-corrected chi connectivity index (χ2v) is 7.69. The van der Waals surface area contributed by atoms with Crippen molar-refractivity contribution >= 4 is 11.7 Å². The Bertz CT molecular complexity index is 918. The number of aromatic nitrogens is 2. The molecule has 0 saturated heterocycles. The van der Waals surface area contributed by atoms with Crippen LogP contribution in [0.1, 0.15) is 36.8 Å². The molecule has 0 bridgehead atoms. The largest absolute Gasteiger partial charge is 0.370 e. The topological polar surface area (TPSA) is 66.9 Å². The van der Waals surface area contributed by atoms with E-state index in [1.165, 1.54) is 5.56 Å². The summed E-state index contributed by atoms with van der Waals surface area (Å²) in [6, 6.07) is 21.7. The van der Waals surface area contributed by atoms with Gasteiger partial charge in [-0.15, -0.1) is 0 Å². The predicted octanol–water partition coefficient (Wildman–Crippen LogP) is 4.33. The lowest BCUT2D eigenvalue weighted by molar-refractivity contribution is 0.0914. The molecule has 0 fully saturated rings. The molecule has 1 aromatic heterocycles. The Morgan fingerprint density at radius 1 is 0.929 bits per heavy atom. The van der Waals surface area contributed by atoms with Crippen molar-refractivity contribution in [1.29, 1.82) is 0 Å². The van der Waals surface area contributed by atoms with Gasteiger partial charge in [-0.05, 0) is 32.8 Å². The Morgan fingerprint density at radius 3 is 2.21 bits per heavy atom. The highest BCUT2D eigenvalue weighted by Gasteiger charge is 2.18. The van der Waals surface area contributed by atoms with Crippen molar-refractivity contribution in [2.75, 3.05) is 11.9 Å². The first-order valence-electron chi connectivity index (χ1n) is 9.45. The summed E-state index contributed by atoms with van der Waals surface area (Å²) in [6.07, 6.45) is 0.870. The zero-order valence-corrected chi connectivity index (χ0v) is 16.6. The Balaban J connectivity index is 1.83. The van der Waals surface area contributed by atoms with E-state index in [1.54, 1.807) is 6.07 Å². The van der Waals surface area contributed by atoms with Crippen molar-refractivity contribution in [2.45, 2.75) is 32.7 Å². The third kappa shape index (κ3) is 5.64. The molecule has 1 heterocycles. The summed E-state index contributed by atoms with van der Waals surface area (Å²) in [4.78, 5) is 21.8. The molecule has 2 aromatic carbocycles. The van der Waals surface area contributed by atoms with E-state index >= 15 is 0 Å². The molecule has 0 aliphatic heterocycles. The number of rotatable bonds is 6. The zero-order chi connectivity index (χ0) is 20.0. The summed E-state index contributed by atoms with van der Waals surface area (Å²) in [6.45, 7) is 6.56. The lowest BCUT2D eigenvalue weighted by atomic mass is 10.1. The van der Waals surface area contributed by atoms with Crippen molar-refractivity contribution in [3.05, 3.63) is 78.0 Å². The fraction of sp³-hybridized carbons (Fsp3) is 0.261. The number of hydrogen-bond donors (Lipinski definition) is 2. The van der Waals surface area contributed by atoms with Gasteiger partial charge >= 0.3 is 0 Å². The molecule has 1 amide bonds. The van der Waals surface area contributed by atoms with Crippen molar-refractivity contribution in [1.82, 2.24) is 15.3 Å². The van der Waals surface area contributed by atoms with Crippen LogP contribution in [0.2, 0.25) is 0 Å². The second-order valence-electron chi connectivity index (χ2n) is 7.69. The quantitative estimate of drug-likeness (QED) is 0.674. The van der Waals surface area contributed by atoms with Crippen LogP contribution < -0.4 is 10.6 Å². The molecule has 5 heteroatoms. The maximum Gasteiger partial charge on any atom is 0.270 e. The number of carbonyl (C=O) groups excluding carboxylic acids is 1. The summed E-state index contributed by atoms with van der Waals surface area (Å²) in [5.74, 6) is 0.964. The normalized spacial score (nSPS) is 11.1. The third-order valence-corrected chi connectivity index (χ3v) is 4.04. The van der Waals surface area contributed by atoms with Crippen molar-refractivity contribution in [3.8, 4) is 11.4 Å². The smallest absolute Gasteiger partial charge is 0.270 e. The minimum absolute atomic E-state index is 0.210. The number of anilines is 1. The fourth-order valence-electron chi connectivity index (χ4n) is 2.75. The van der Waals surface area contributed by atoms with Gasteiger partial charge in [-0.2, -0.15) is 0 Å². The van der Waals surface area contributed by atoms with Crippen LogP contribution in [0.5, 0.6) is 0 Å². The van der Waals surface area contributed by atoms with Crippen LogP contribution in [0.15, 0.2) is 66.7 Å². The molecule has 0 spiro atoms. The summed E-state index contributed by atoms with van der Waals surface area (Å²) in [7, 11) is 0. The maximum absolute atomic E-state index is 12.7. The van der Waals surface area contributed by atoms with Gasteiger partial charge in [-0.1, -0.05) is 60.7 Å². The second kappa shape index (κ2) is 8.65. The molecule has 3 rings (SSSR count). The van der Waals surface area contributed by atoms with Gasteiger partial charge in [0, 0.05) is 23.7 Å². The van der Waals surface area contributed by atoms with Gasteiger partial charge in [-0.3, -0.25) is 4.79 Å². The SMILES string of the molecule is CC(C)(C)NC(=O)c1cc(NCCc2ccccc2)nc(-c2ccccc2)n1. The number of nitrogens with one attached hydrogen (secondary N) is 2. The van der Waals surface area contributed by atoms with Gasteiger partial charge in [0.1, 0.15) is 11.5 Å². The third-order valence-electron chi connectivity index (χ3n) is 4.04. The number of hydrogen-bond acceptors (Lipinski definition) is 4. The van der Waals surface area contributed by atoms with Crippen LogP contribution in [0.4, 0.5) is 5.82 Å². The number of nitrogens with zero attached hydrogens (tertiary/aromatic N) is 2. The molecule has 144 valence electrons. The molecule has 0 atom stereocenters. The predicted molar refractivity (Wildman–Crippen MR) is 113 cm³/mol. The minimum Gasteiger partial charge on any atom is -0.370 e. The molecule has 2 N–H and O–H groups in total. The number of amides is 1. The average molecular weight is 374 g/mol. The first-order valence-corrected chi connectivity index (χ1v) is 9.45. The van der Waals surface area contributed by atoms with Crippen molar-refractivity contribution in [2.24, 2.45) is 0 Å². The van der Waals surface area contributed by atoms with Crippen LogP contribution in [0, 0.1) is 0 Å². The molecule has 0 saturated carbocycles. The van der Waals surface area contributed by atoms with E-state index in [9.17, 15) is 4.79 Å². The highest BCUT2D eigenvalue weighted by molar-refractivity contribution is 5.93. The molecule has 0 aliphatic carbocycles. The van der Waals surface area contributed by atoms with Crippen LogP contribution >= 0.6 is 0 Å². The fourth-order valence-corrected chi connectivity index (χ4v) is 2.75. The molecular formula is C23H26N4O. The Labute approximate surface area is 166 Å². The van der Waals surface area contributed by atoms with Crippen LogP contribution in [-0.2, 0) is 6.42 Å². The van der Waals surface area contributed by atoms with E-state index in [2.05, 4.69) is 32.7 Å². The monoisotopic (exact) mass is 374 g/mol. The summed E-state index contributed by atoms with van der Waals surface area (Å²) >= 11 is 0. The van der Waals surface area contributed by atoms with E-state index in [4.69, 9.17) is 0 Å². The minimum atomic E-state index is -0.337. The highest BCUT2D eigenvalue weighted by Crippen LogP contribution is 2.18. The summed E-state index contributed by atoms with van der Waals surface area (Å²) in [5.41, 5.74) is 2.14. The van der Waals surface area contributed by atoms with E-state index in [0.29, 0.717) is 17.3 Å². The molecule has 0 unspecified atom stereocenters. The number of carbonyl (C=O) groups is 1. The first-order chi connectivity index (χ1) is 13.4. The van der Waals surface area contributed by atoms with Crippen LogP contribution in [0.3, 0.4) is 0 Å². The van der Waals surface area contributed by atoms with Crippen molar-refractivity contribution < 1.29 is 4.79 Å². The Hall–Kier alpha value is -3.21. The Kier molecular flexibility index (Phi) is 6.04.